The van der Waals surface area contributed by atoms with E-state index in [0.29, 0.717) is 10.8 Å². The number of anilines is 1. The molecule has 2 N–H and O–H groups in total. The van der Waals surface area contributed by atoms with Crippen molar-refractivity contribution in [2.45, 2.75) is 0 Å². The van der Waals surface area contributed by atoms with E-state index in [4.69, 9.17) is 11.6 Å². The third-order valence-electron chi connectivity index (χ3n) is 3.04. The second-order valence-corrected chi connectivity index (χ2v) is 4.68. The summed E-state index contributed by atoms with van der Waals surface area (Å²) in [6, 6.07) is 11.5. The molecule has 2 aromatic heterocycles. The van der Waals surface area contributed by atoms with Crippen LogP contribution in [0.15, 0.2) is 48.8 Å². The molecule has 1 radical (unpaired) electrons. The molecule has 0 unspecified atom stereocenters. The number of aromatic nitrogens is 3. The van der Waals surface area contributed by atoms with Crippen LogP contribution in [-0.2, 0) is 0 Å². The van der Waals surface area contributed by atoms with Gasteiger partial charge in [0.1, 0.15) is 5.82 Å². The van der Waals surface area contributed by atoms with Crippen LogP contribution in [0, 0.1) is 48.3 Å². The van der Waals surface area contributed by atoms with E-state index in [9.17, 15) is 0 Å². The Morgan fingerprint density at radius 2 is 1.67 bits per heavy atom. The van der Waals surface area contributed by atoms with Gasteiger partial charge in [-0.1, -0.05) is 23.7 Å². The molecule has 0 aliphatic heterocycles. The Kier molecular flexibility index (Phi) is 5.74. The van der Waals surface area contributed by atoms with Crippen molar-refractivity contribution in [3.8, 4) is 22.4 Å². The van der Waals surface area contributed by atoms with Crippen LogP contribution < -0.4 is 5.32 Å². The number of hydrogen-bond donors (Lipinski definition) is 2. The molecule has 1 aromatic carbocycles. The first-order chi connectivity index (χ1) is 9.79. The molecule has 0 bridgehead atoms. The maximum atomic E-state index is 5.93. The van der Waals surface area contributed by atoms with Crippen molar-refractivity contribution in [3.05, 3.63) is 60.9 Å². The van der Waals surface area contributed by atoms with E-state index in [2.05, 4.69) is 27.5 Å². The largest absolute Gasteiger partial charge is 0.521 e. The van der Waals surface area contributed by atoms with Crippen LogP contribution in [-0.4, -0.2) is 15.2 Å². The van der Waals surface area contributed by atoms with Gasteiger partial charge in [-0.3, -0.25) is 17.1 Å². The zero-order valence-electron chi connectivity index (χ0n) is 11.2. The fourth-order valence-electron chi connectivity index (χ4n) is 2.10. The first-order valence-electron chi connectivity index (χ1n) is 6.07. The molecular weight excluding hydrogens is 413 g/mol. The molecule has 0 saturated carbocycles. The van der Waals surface area contributed by atoms with Gasteiger partial charge in [0.2, 0.25) is 0 Å². The zero-order chi connectivity index (χ0) is 13.9. The van der Waals surface area contributed by atoms with E-state index >= 15 is 0 Å². The van der Waals surface area contributed by atoms with E-state index in [0.717, 1.165) is 22.4 Å². The molecule has 3 rings (SSSR count). The first kappa shape index (κ1) is 16.4. The Morgan fingerprint density at radius 3 is 2.29 bits per heavy atom. The van der Waals surface area contributed by atoms with Crippen molar-refractivity contribution in [2.24, 2.45) is 0 Å². The number of nitrogens with one attached hydrogen (secondary N) is 2. The SMILES string of the molecule is [CH2-]Nc1n[nH]c(-c2ccc(Cl)cc2)c1-c1ccncc1.[Pr]. The van der Waals surface area contributed by atoms with Gasteiger partial charge in [-0.05, 0) is 29.8 Å². The minimum Gasteiger partial charge on any atom is -0.521 e. The average molecular weight is 425 g/mol. The van der Waals surface area contributed by atoms with E-state index in [1.165, 1.54) is 0 Å². The number of aromatic amines is 1. The predicted molar refractivity (Wildman–Crippen MR) is 81.2 cm³/mol. The molecule has 103 valence electrons. The van der Waals surface area contributed by atoms with Crippen LogP contribution >= 0.6 is 11.6 Å². The summed E-state index contributed by atoms with van der Waals surface area (Å²) in [4.78, 5) is 4.04. The fraction of sp³-hybridized carbons (Fsp3) is 0. The average Bonchev–Trinajstić information content (AvgIpc) is 2.93. The molecule has 2 heterocycles. The van der Waals surface area contributed by atoms with Gasteiger partial charge in [-0.15, -0.1) is 0 Å². The Bertz CT molecular complexity index is 710. The summed E-state index contributed by atoms with van der Waals surface area (Å²) in [6.45, 7) is 0. The van der Waals surface area contributed by atoms with Crippen molar-refractivity contribution < 1.29 is 41.3 Å². The van der Waals surface area contributed by atoms with Crippen molar-refractivity contribution in [2.75, 3.05) is 5.32 Å². The summed E-state index contributed by atoms with van der Waals surface area (Å²) in [5.74, 6) is 0.696. The molecule has 0 atom stereocenters. The van der Waals surface area contributed by atoms with Gasteiger partial charge >= 0.3 is 0 Å². The fourth-order valence-corrected chi connectivity index (χ4v) is 2.22. The van der Waals surface area contributed by atoms with Crippen molar-refractivity contribution in [3.63, 3.8) is 0 Å². The van der Waals surface area contributed by atoms with Crippen LogP contribution in [0.5, 0.6) is 0 Å². The van der Waals surface area contributed by atoms with Gasteiger partial charge in [-0.2, -0.15) is 5.10 Å². The van der Waals surface area contributed by atoms with Crippen molar-refractivity contribution in [1.29, 1.82) is 0 Å². The molecule has 21 heavy (non-hydrogen) atoms. The number of nitrogens with zero attached hydrogens (tertiary/aromatic N) is 2. The number of rotatable bonds is 3. The number of benzene rings is 1. The van der Waals surface area contributed by atoms with Gasteiger partial charge in [0.05, 0.1) is 5.69 Å². The first-order valence-corrected chi connectivity index (χ1v) is 6.45. The number of hydrogen-bond acceptors (Lipinski definition) is 3. The molecule has 4 nitrogen and oxygen atoms in total. The number of H-pyrrole nitrogens is 1. The van der Waals surface area contributed by atoms with Crippen LogP contribution in [0.3, 0.4) is 0 Å². The maximum Gasteiger partial charge on any atom is 0.127 e. The third-order valence-corrected chi connectivity index (χ3v) is 3.29. The molecule has 0 saturated heterocycles. The number of halogens is 1. The van der Waals surface area contributed by atoms with E-state index in [-0.39, 0.29) is 41.3 Å². The normalized spacial score (nSPS) is 10.0. The monoisotopic (exact) mass is 424 g/mol. The number of pyridine rings is 1. The predicted octanol–water partition coefficient (Wildman–Crippen LogP) is 4.00. The maximum absolute atomic E-state index is 5.93. The standard InChI is InChI=1S/C15H12ClN4.Pr/c1-17-15-13(10-6-8-18-9-7-10)14(19-20-15)11-2-4-12(16)5-3-11;/h2-9H,1H2,(H2,17,19,20);/q-1;. The summed E-state index contributed by atoms with van der Waals surface area (Å²) in [7, 11) is 3.69. The smallest absolute Gasteiger partial charge is 0.127 e. The zero-order valence-corrected chi connectivity index (χ0v) is 15.6. The van der Waals surface area contributed by atoms with Crippen LogP contribution in [0.4, 0.5) is 5.82 Å². The van der Waals surface area contributed by atoms with E-state index in [1.54, 1.807) is 12.4 Å². The Balaban J connectivity index is 0.00000161. The van der Waals surface area contributed by atoms with Gasteiger partial charge in [-0.25, -0.2) is 0 Å². The van der Waals surface area contributed by atoms with Crippen LogP contribution in [0.25, 0.3) is 22.4 Å². The Hall–Kier alpha value is -0.966. The topological polar surface area (TPSA) is 53.6 Å². The minimum atomic E-state index is 0. The van der Waals surface area contributed by atoms with E-state index in [1.807, 2.05) is 36.4 Å². The summed E-state index contributed by atoms with van der Waals surface area (Å²) in [5, 5.41) is 10.9. The second kappa shape index (κ2) is 7.34. The minimum absolute atomic E-state index is 0. The second-order valence-electron chi connectivity index (χ2n) is 4.24. The molecular formula is C15H12ClN4Pr-. The molecule has 0 spiro atoms. The summed E-state index contributed by atoms with van der Waals surface area (Å²) >= 11 is 5.93. The molecule has 0 aliphatic carbocycles. The third kappa shape index (κ3) is 3.45. The van der Waals surface area contributed by atoms with Crippen LogP contribution in [0.1, 0.15) is 0 Å². The van der Waals surface area contributed by atoms with Gasteiger partial charge in [0.15, 0.2) is 0 Å². The molecule has 0 aliphatic rings. The summed E-state index contributed by atoms with van der Waals surface area (Å²) < 4.78 is 0. The molecule has 6 heteroatoms. The van der Waals surface area contributed by atoms with Crippen molar-refractivity contribution in [1.82, 2.24) is 15.2 Å². The molecule has 0 fully saturated rings. The Labute approximate surface area is 161 Å². The van der Waals surface area contributed by atoms with Crippen LogP contribution in [0.2, 0.25) is 5.02 Å². The summed E-state index contributed by atoms with van der Waals surface area (Å²) in [6.07, 6.45) is 3.50. The molecule has 3 aromatic rings. The van der Waals surface area contributed by atoms with E-state index < -0.39 is 0 Å². The summed E-state index contributed by atoms with van der Waals surface area (Å²) in [5.41, 5.74) is 3.91. The van der Waals surface area contributed by atoms with Gasteiger partial charge in [0, 0.05) is 69.8 Å². The molecule has 0 amide bonds. The van der Waals surface area contributed by atoms with Gasteiger partial charge < -0.3 is 5.32 Å². The van der Waals surface area contributed by atoms with Crippen molar-refractivity contribution >= 4 is 17.4 Å². The quantitative estimate of drug-likeness (QED) is 0.625. The van der Waals surface area contributed by atoms with Gasteiger partial charge in [0.25, 0.3) is 0 Å². The Morgan fingerprint density at radius 1 is 1.00 bits per heavy atom.